The lowest BCUT2D eigenvalue weighted by Crippen LogP contribution is -2.42. The van der Waals surface area contributed by atoms with Crippen LogP contribution in [0.2, 0.25) is 0 Å². The van der Waals surface area contributed by atoms with Crippen molar-refractivity contribution in [3.8, 4) is 6.07 Å². The second-order valence-corrected chi connectivity index (χ2v) is 3.52. The minimum Gasteiger partial charge on any atom is -0.394 e. The topological polar surface area (TPSA) is 89.2 Å². The summed E-state index contributed by atoms with van der Waals surface area (Å²) in [4.78, 5) is 3.98. The first kappa shape index (κ1) is 11.4. The lowest BCUT2D eigenvalue weighted by atomic mass is 10.1. The molecule has 0 aliphatic rings. The van der Waals surface area contributed by atoms with Crippen molar-refractivity contribution in [2.75, 3.05) is 18.5 Å². The Hall–Kier alpha value is -1.64. The van der Waals surface area contributed by atoms with E-state index in [1.165, 1.54) is 0 Å². The van der Waals surface area contributed by atoms with Crippen LogP contribution < -0.4 is 5.32 Å². The maximum absolute atomic E-state index is 9.06. The maximum Gasteiger partial charge on any atom is 0.142 e. The van der Waals surface area contributed by atoms with E-state index in [4.69, 9.17) is 15.5 Å². The summed E-state index contributed by atoms with van der Waals surface area (Å²) < 4.78 is 0. The number of aromatic nitrogens is 1. The Morgan fingerprint density at radius 1 is 1.47 bits per heavy atom. The van der Waals surface area contributed by atoms with Crippen LogP contribution in [-0.4, -0.2) is 33.9 Å². The lowest BCUT2D eigenvalue weighted by molar-refractivity contribution is 0.147. The Labute approximate surface area is 88.0 Å². The molecule has 0 fully saturated rings. The highest BCUT2D eigenvalue weighted by Gasteiger charge is 2.22. The van der Waals surface area contributed by atoms with E-state index in [-0.39, 0.29) is 13.2 Å². The van der Waals surface area contributed by atoms with Gasteiger partial charge in [0.1, 0.15) is 17.6 Å². The van der Waals surface area contributed by atoms with Gasteiger partial charge in [-0.25, -0.2) is 4.98 Å². The molecule has 1 aromatic rings. The molecule has 0 saturated heterocycles. The zero-order valence-corrected chi connectivity index (χ0v) is 8.44. The second kappa shape index (κ2) is 4.73. The smallest absolute Gasteiger partial charge is 0.142 e. The van der Waals surface area contributed by atoms with Gasteiger partial charge in [-0.2, -0.15) is 5.26 Å². The third kappa shape index (κ3) is 2.91. The highest BCUT2D eigenvalue weighted by atomic mass is 16.3. The molecule has 0 amide bonds. The van der Waals surface area contributed by atoms with Crippen molar-refractivity contribution in [3.05, 3.63) is 23.9 Å². The average molecular weight is 207 g/mol. The summed E-state index contributed by atoms with van der Waals surface area (Å²) in [6.45, 7) is 1.22. The first-order valence-electron chi connectivity index (χ1n) is 4.50. The number of nitrogens with one attached hydrogen (secondary N) is 1. The zero-order valence-electron chi connectivity index (χ0n) is 8.44. The van der Waals surface area contributed by atoms with E-state index >= 15 is 0 Å². The van der Waals surface area contributed by atoms with E-state index in [9.17, 15) is 0 Å². The van der Waals surface area contributed by atoms with Gasteiger partial charge in [0.2, 0.25) is 0 Å². The Kier molecular flexibility index (Phi) is 3.61. The molecular formula is C10H13N3O2. The molecule has 80 valence electrons. The van der Waals surface area contributed by atoms with Crippen LogP contribution in [0.1, 0.15) is 12.6 Å². The van der Waals surface area contributed by atoms with Gasteiger partial charge in [0.25, 0.3) is 0 Å². The number of hydrogen-bond donors (Lipinski definition) is 3. The number of rotatable bonds is 4. The van der Waals surface area contributed by atoms with Crippen LogP contribution in [0, 0.1) is 11.3 Å². The van der Waals surface area contributed by atoms with E-state index < -0.39 is 5.54 Å². The number of nitrogens with zero attached hydrogens (tertiary/aromatic N) is 2. The van der Waals surface area contributed by atoms with Crippen LogP contribution in [0.5, 0.6) is 0 Å². The molecule has 0 radical (unpaired) electrons. The third-order valence-electron chi connectivity index (χ3n) is 1.99. The van der Waals surface area contributed by atoms with Gasteiger partial charge < -0.3 is 15.5 Å². The number of aliphatic hydroxyl groups is 2. The molecular weight excluding hydrogens is 194 g/mol. The van der Waals surface area contributed by atoms with Gasteiger partial charge in [0.15, 0.2) is 0 Å². The Morgan fingerprint density at radius 3 is 2.67 bits per heavy atom. The number of anilines is 1. The highest BCUT2D eigenvalue weighted by Crippen LogP contribution is 2.12. The van der Waals surface area contributed by atoms with Crippen LogP contribution in [0.15, 0.2) is 18.2 Å². The van der Waals surface area contributed by atoms with Crippen molar-refractivity contribution in [1.82, 2.24) is 4.98 Å². The third-order valence-corrected chi connectivity index (χ3v) is 1.99. The summed E-state index contributed by atoms with van der Waals surface area (Å²) in [5, 5.41) is 29.6. The zero-order chi connectivity index (χ0) is 11.3. The standard InChI is InChI=1S/C10H13N3O2/c1-10(6-14,7-15)13-9-4-2-3-8(5-11)12-9/h2-4,14-15H,6-7H2,1H3,(H,12,13). The van der Waals surface area contributed by atoms with Gasteiger partial charge in [-0.05, 0) is 19.1 Å². The summed E-state index contributed by atoms with van der Waals surface area (Å²) in [5.74, 6) is 0.458. The Balaban J connectivity index is 2.85. The minimum absolute atomic E-state index is 0.220. The number of pyridine rings is 1. The van der Waals surface area contributed by atoms with Crippen LogP contribution in [0.25, 0.3) is 0 Å². The first-order valence-corrected chi connectivity index (χ1v) is 4.50. The van der Waals surface area contributed by atoms with E-state index in [1.54, 1.807) is 25.1 Å². The predicted molar refractivity (Wildman–Crippen MR) is 55.2 cm³/mol. The summed E-state index contributed by atoms with van der Waals surface area (Å²) in [6.07, 6.45) is 0. The summed E-state index contributed by atoms with van der Waals surface area (Å²) >= 11 is 0. The van der Waals surface area contributed by atoms with Crippen LogP contribution in [0.3, 0.4) is 0 Å². The van der Waals surface area contributed by atoms with Crippen molar-refractivity contribution in [2.45, 2.75) is 12.5 Å². The quantitative estimate of drug-likeness (QED) is 0.652. The lowest BCUT2D eigenvalue weighted by Gasteiger charge is -2.26. The van der Waals surface area contributed by atoms with E-state index in [1.807, 2.05) is 6.07 Å². The number of aliphatic hydroxyl groups excluding tert-OH is 2. The van der Waals surface area contributed by atoms with Crippen molar-refractivity contribution in [2.24, 2.45) is 0 Å². The molecule has 1 rings (SSSR count). The van der Waals surface area contributed by atoms with Crippen LogP contribution >= 0.6 is 0 Å². The molecule has 0 spiro atoms. The van der Waals surface area contributed by atoms with Crippen molar-refractivity contribution in [1.29, 1.82) is 5.26 Å². The number of hydrogen-bond acceptors (Lipinski definition) is 5. The fourth-order valence-electron chi connectivity index (χ4n) is 1.00. The fraction of sp³-hybridized carbons (Fsp3) is 0.400. The molecule has 5 nitrogen and oxygen atoms in total. The molecule has 0 aromatic carbocycles. The molecule has 1 heterocycles. The highest BCUT2D eigenvalue weighted by molar-refractivity contribution is 5.40. The van der Waals surface area contributed by atoms with Crippen molar-refractivity contribution in [3.63, 3.8) is 0 Å². The van der Waals surface area contributed by atoms with Gasteiger partial charge in [-0.1, -0.05) is 6.07 Å². The minimum atomic E-state index is -0.832. The fourth-order valence-corrected chi connectivity index (χ4v) is 1.00. The van der Waals surface area contributed by atoms with Gasteiger partial charge in [-0.3, -0.25) is 0 Å². The van der Waals surface area contributed by atoms with Gasteiger partial charge >= 0.3 is 0 Å². The van der Waals surface area contributed by atoms with Crippen molar-refractivity contribution >= 4 is 5.82 Å². The molecule has 0 aliphatic carbocycles. The summed E-state index contributed by atoms with van der Waals surface area (Å²) in [7, 11) is 0. The molecule has 0 saturated carbocycles. The van der Waals surface area contributed by atoms with Crippen molar-refractivity contribution < 1.29 is 10.2 Å². The maximum atomic E-state index is 9.06. The predicted octanol–water partition coefficient (Wildman–Crippen LogP) is 0.108. The van der Waals surface area contributed by atoms with Crippen LogP contribution in [0.4, 0.5) is 5.82 Å². The van der Waals surface area contributed by atoms with Gasteiger partial charge in [0.05, 0.1) is 18.8 Å². The molecule has 3 N–H and O–H groups in total. The normalized spacial score (nSPS) is 10.8. The largest absolute Gasteiger partial charge is 0.394 e. The SMILES string of the molecule is CC(CO)(CO)Nc1cccc(C#N)n1. The van der Waals surface area contributed by atoms with E-state index in [0.717, 1.165) is 0 Å². The van der Waals surface area contributed by atoms with Crippen LogP contribution in [-0.2, 0) is 0 Å². The summed E-state index contributed by atoms with van der Waals surface area (Å²) in [6, 6.07) is 6.85. The first-order chi connectivity index (χ1) is 7.13. The number of nitriles is 1. The van der Waals surface area contributed by atoms with E-state index in [2.05, 4.69) is 10.3 Å². The molecule has 1 aromatic heterocycles. The molecule has 15 heavy (non-hydrogen) atoms. The molecule has 0 atom stereocenters. The summed E-state index contributed by atoms with van der Waals surface area (Å²) in [5.41, 5.74) is -0.542. The van der Waals surface area contributed by atoms with Gasteiger partial charge in [-0.15, -0.1) is 0 Å². The second-order valence-electron chi connectivity index (χ2n) is 3.52. The average Bonchev–Trinajstić information content (AvgIpc) is 2.29. The Bertz CT molecular complexity index is 369. The van der Waals surface area contributed by atoms with E-state index in [0.29, 0.717) is 11.5 Å². The monoisotopic (exact) mass is 207 g/mol. The molecule has 5 heteroatoms. The molecule has 0 bridgehead atoms. The van der Waals surface area contributed by atoms with Gasteiger partial charge in [0, 0.05) is 0 Å². The Morgan fingerprint density at radius 2 is 2.13 bits per heavy atom. The molecule has 0 aliphatic heterocycles. The molecule has 0 unspecified atom stereocenters.